The lowest BCUT2D eigenvalue weighted by molar-refractivity contribution is -0.147. The van der Waals surface area contributed by atoms with Gasteiger partial charge in [0, 0.05) is 6.20 Å². The molecule has 0 saturated heterocycles. The first-order valence-corrected chi connectivity index (χ1v) is 10.8. The Balaban J connectivity index is 1.78. The third-order valence-electron chi connectivity index (χ3n) is 5.23. The van der Waals surface area contributed by atoms with Gasteiger partial charge in [0.25, 0.3) is 5.91 Å². The summed E-state index contributed by atoms with van der Waals surface area (Å²) in [5.41, 5.74) is 0.189. The zero-order chi connectivity index (χ0) is 22.2. The van der Waals surface area contributed by atoms with Gasteiger partial charge in [0.1, 0.15) is 11.8 Å². The molecule has 1 atom stereocenters. The van der Waals surface area contributed by atoms with E-state index >= 15 is 0 Å². The summed E-state index contributed by atoms with van der Waals surface area (Å²) < 4.78 is 6.91. The molecule has 0 aliphatic rings. The standard InChI is InChI=1S/C24H29N3O4/c1-3-5-6-7-12-19(24(30)31-4-2)27-15-21(25-16-27)26-23(29)22-18-11-9-8-10-17(18)13-14-20(22)28/h8-11,13-16,19,28H,3-7,12H2,1-2H3,(H,26,29). The van der Waals surface area contributed by atoms with Crippen LogP contribution in [0.2, 0.25) is 0 Å². The van der Waals surface area contributed by atoms with Crippen molar-refractivity contribution in [1.82, 2.24) is 9.55 Å². The van der Waals surface area contributed by atoms with E-state index in [1.54, 1.807) is 29.8 Å². The number of amides is 1. The summed E-state index contributed by atoms with van der Waals surface area (Å²) in [6.07, 6.45) is 7.99. The normalized spacial score (nSPS) is 11.9. The lowest BCUT2D eigenvalue weighted by atomic mass is 10.0. The molecule has 3 rings (SSSR count). The minimum absolute atomic E-state index is 0.101. The van der Waals surface area contributed by atoms with E-state index in [1.165, 1.54) is 12.4 Å². The molecular formula is C24H29N3O4. The summed E-state index contributed by atoms with van der Waals surface area (Å²) in [6.45, 7) is 4.23. The molecule has 0 radical (unpaired) electrons. The maximum absolute atomic E-state index is 12.9. The molecular weight excluding hydrogens is 394 g/mol. The average molecular weight is 424 g/mol. The molecule has 2 aromatic carbocycles. The number of phenols is 1. The summed E-state index contributed by atoms with van der Waals surface area (Å²) in [7, 11) is 0. The summed E-state index contributed by atoms with van der Waals surface area (Å²) >= 11 is 0. The molecule has 31 heavy (non-hydrogen) atoms. The molecule has 0 saturated carbocycles. The third-order valence-corrected chi connectivity index (χ3v) is 5.23. The van der Waals surface area contributed by atoms with Crippen LogP contribution in [0.1, 0.15) is 62.4 Å². The number of rotatable bonds is 10. The Labute approximate surface area is 182 Å². The lowest BCUT2D eigenvalue weighted by Gasteiger charge is -2.16. The van der Waals surface area contributed by atoms with E-state index < -0.39 is 11.9 Å². The average Bonchev–Trinajstić information content (AvgIpc) is 3.21. The number of nitrogens with zero attached hydrogens (tertiary/aromatic N) is 2. The minimum Gasteiger partial charge on any atom is -0.507 e. The van der Waals surface area contributed by atoms with Gasteiger partial charge in [0.05, 0.1) is 18.5 Å². The molecule has 0 aliphatic heterocycles. The number of carbonyl (C=O) groups is 2. The zero-order valence-electron chi connectivity index (χ0n) is 18.0. The molecule has 2 N–H and O–H groups in total. The van der Waals surface area contributed by atoms with Crippen molar-refractivity contribution in [2.75, 3.05) is 11.9 Å². The van der Waals surface area contributed by atoms with Gasteiger partial charge >= 0.3 is 5.97 Å². The monoisotopic (exact) mass is 423 g/mol. The van der Waals surface area contributed by atoms with Crippen LogP contribution in [0, 0.1) is 0 Å². The van der Waals surface area contributed by atoms with Gasteiger partial charge in [-0.15, -0.1) is 0 Å². The molecule has 164 valence electrons. The van der Waals surface area contributed by atoms with Crippen LogP contribution in [0.5, 0.6) is 5.75 Å². The number of anilines is 1. The van der Waals surface area contributed by atoms with Crippen molar-refractivity contribution in [3.8, 4) is 5.75 Å². The number of phenolic OH excluding ortho intramolecular Hbond substituents is 1. The number of aromatic nitrogens is 2. The molecule has 3 aromatic rings. The molecule has 0 fully saturated rings. The Kier molecular flexibility index (Phi) is 7.65. The van der Waals surface area contributed by atoms with Crippen molar-refractivity contribution in [3.63, 3.8) is 0 Å². The summed E-state index contributed by atoms with van der Waals surface area (Å²) in [5, 5.41) is 14.5. The van der Waals surface area contributed by atoms with Crippen LogP contribution in [0.4, 0.5) is 5.82 Å². The Morgan fingerprint density at radius 3 is 2.71 bits per heavy atom. The molecule has 1 heterocycles. The van der Waals surface area contributed by atoms with Gasteiger partial charge in [-0.25, -0.2) is 9.78 Å². The SMILES string of the molecule is CCCCCCC(C(=O)OCC)n1cnc(NC(=O)c2c(O)ccc3ccccc23)c1. The van der Waals surface area contributed by atoms with Gasteiger partial charge in [0.15, 0.2) is 5.82 Å². The second-order valence-corrected chi connectivity index (χ2v) is 7.46. The predicted octanol–water partition coefficient (Wildman–Crippen LogP) is 5.07. The fourth-order valence-corrected chi connectivity index (χ4v) is 3.64. The number of carbonyl (C=O) groups excluding carboxylic acids is 2. The number of nitrogens with one attached hydrogen (secondary N) is 1. The third kappa shape index (κ3) is 5.42. The van der Waals surface area contributed by atoms with Crippen molar-refractivity contribution in [2.45, 2.75) is 52.0 Å². The zero-order valence-corrected chi connectivity index (χ0v) is 18.0. The first-order valence-electron chi connectivity index (χ1n) is 10.8. The first-order chi connectivity index (χ1) is 15.0. The van der Waals surface area contributed by atoms with E-state index in [2.05, 4.69) is 17.2 Å². The molecule has 0 bridgehead atoms. The molecule has 0 spiro atoms. The van der Waals surface area contributed by atoms with Crippen molar-refractivity contribution in [3.05, 3.63) is 54.5 Å². The van der Waals surface area contributed by atoms with E-state index in [9.17, 15) is 14.7 Å². The van der Waals surface area contributed by atoms with Crippen LogP contribution in [0.15, 0.2) is 48.9 Å². The summed E-state index contributed by atoms with van der Waals surface area (Å²) in [5.74, 6) is -0.563. The highest BCUT2D eigenvalue weighted by molar-refractivity contribution is 6.14. The second kappa shape index (κ2) is 10.6. The molecule has 1 amide bonds. The number of ether oxygens (including phenoxy) is 1. The quantitative estimate of drug-likeness (QED) is 0.351. The molecule has 7 heteroatoms. The van der Waals surface area contributed by atoms with Crippen LogP contribution in [-0.4, -0.2) is 33.1 Å². The summed E-state index contributed by atoms with van der Waals surface area (Å²) in [4.78, 5) is 29.6. The van der Waals surface area contributed by atoms with Crippen molar-refractivity contribution in [2.24, 2.45) is 0 Å². The smallest absolute Gasteiger partial charge is 0.329 e. The number of fused-ring (bicyclic) bond motifs is 1. The van der Waals surface area contributed by atoms with Crippen molar-refractivity contribution < 1.29 is 19.4 Å². The number of esters is 1. The molecule has 7 nitrogen and oxygen atoms in total. The van der Waals surface area contributed by atoms with Gasteiger partial charge in [0.2, 0.25) is 0 Å². The largest absolute Gasteiger partial charge is 0.507 e. The van der Waals surface area contributed by atoms with E-state index in [-0.39, 0.29) is 17.3 Å². The maximum Gasteiger partial charge on any atom is 0.329 e. The highest BCUT2D eigenvalue weighted by Gasteiger charge is 2.23. The summed E-state index contributed by atoms with van der Waals surface area (Å²) in [6, 6.07) is 10.1. The van der Waals surface area contributed by atoms with Crippen LogP contribution < -0.4 is 5.32 Å². The number of hydrogen-bond acceptors (Lipinski definition) is 5. The topological polar surface area (TPSA) is 93.5 Å². The Hall–Kier alpha value is -3.35. The fraction of sp³-hybridized carbons (Fsp3) is 0.375. The molecule has 1 aromatic heterocycles. The van der Waals surface area contributed by atoms with E-state index in [1.807, 2.05) is 18.2 Å². The Morgan fingerprint density at radius 1 is 1.13 bits per heavy atom. The second-order valence-electron chi connectivity index (χ2n) is 7.46. The fourth-order valence-electron chi connectivity index (χ4n) is 3.64. The Morgan fingerprint density at radius 2 is 1.94 bits per heavy atom. The predicted molar refractivity (Wildman–Crippen MR) is 120 cm³/mol. The number of aromatic hydroxyl groups is 1. The molecule has 0 aliphatic carbocycles. The van der Waals surface area contributed by atoms with E-state index in [4.69, 9.17) is 4.74 Å². The Bertz CT molecular complexity index is 1040. The van der Waals surface area contributed by atoms with Gasteiger partial charge in [-0.2, -0.15) is 0 Å². The number of unbranched alkanes of at least 4 members (excludes halogenated alkanes) is 3. The van der Waals surface area contributed by atoms with Gasteiger partial charge in [-0.3, -0.25) is 4.79 Å². The minimum atomic E-state index is -0.485. The van der Waals surface area contributed by atoms with Crippen molar-refractivity contribution in [1.29, 1.82) is 0 Å². The van der Waals surface area contributed by atoms with Gasteiger partial charge in [-0.1, -0.05) is 62.9 Å². The highest BCUT2D eigenvalue weighted by atomic mass is 16.5. The van der Waals surface area contributed by atoms with Crippen LogP contribution in [0.3, 0.4) is 0 Å². The van der Waals surface area contributed by atoms with Crippen LogP contribution in [-0.2, 0) is 9.53 Å². The highest BCUT2D eigenvalue weighted by Crippen LogP contribution is 2.28. The molecule has 1 unspecified atom stereocenters. The number of benzene rings is 2. The van der Waals surface area contributed by atoms with E-state index in [0.29, 0.717) is 24.2 Å². The number of hydrogen-bond donors (Lipinski definition) is 2. The van der Waals surface area contributed by atoms with Crippen molar-refractivity contribution >= 4 is 28.5 Å². The van der Waals surface area contributed by atoms with E-state index in [0.717, 1.165) is 31.1 Å². The number of imidazole rings is 1. The van der Waals surface area contributed by atoms with Gasteiger partial charge < -0.3 is 19.7 Å². The van der Waals surface area contributed by atoms with Crippen LogP contribution in [0.25, 0.3) is 10.8 Å². The van der Waals surface area contributed by atoms with Gasteiger partial charge in [-0.05, 0) is 30.2 Å². The lowest BCUT2D eigenvalue weighted by Crippen LogP contribution is -2.21. The van der Waals surface area contributed by atoms with Crippen LogP contribution >= 0.6 is 0 Å². The first kappa shape index (κ1) is 22.3. The maximum atomic E-state index is 12.9.